The third-order valence-corrected chi connectivity index (χ3v) is 13.9. The molecule has 0 aromatic rings. The maximum atomic E-state index is 12.8. The van der Waals surface area contributed by atoms with Crippen molar-refractivity contribution < 1.29 is 28.6 Å². The molecule has 6 heteroatoms. The van der Waals surface area contributed by atoms with Crippen LogP contribution in [-0.2, 0) is 28.6 Å². The normalized spacial score (nSPS) is 12.6. The number of esters is 3. The Morgan fingerprint density at radius 1 is 0.280 bits per heavy atom. The van der Waals surface area contributed by atoms with Crippen molar-refractivity contribution in [3.8, 4) is 0 Å². The van der Waals surface area contributed by atoms with Gasteiger partial charge in [0.2, 0.25) is 0 Å². The van der Waals surface area contributed by atoms with Gasteiger partial charge in [0.25, 0.3) is 0 Å². The fourth-order valence-corrected chi connectivity index (χ4v) is 9.09. The van der Waals surface area contributed by atoms with Crippen molar-refractivity contribution in [2.75, 3.05) is 13.2 Å². The van der Waals surface area contributed by atoms with Crippen LogP contribution in [0.4, 0.5) is 0 Å². The lowest BCUT2D eigenvalue weighted by Gasteiger charge is -2.18. The van der Waals surface area contributed by atoms with Gasteiger partial charge in [0.1, 0.15) is 13.2 Å². The Morgan fingerprint density at radius 2 is 0.520 bits per heavy atom. The highest BCUT2D eigenvalue weighted by molar-refractivity contribution is 5.71. The number of allylic oxidation sites excluding steroid dienone is 14. The van der Waals surface area contributed by atoms with Crippen molar-refractivity contribution in [3.05, 3.63) is 85.1 Å². The molecule has 0 aromatic heterocycles. The van der Waals surface area contributed by atoms with Crippen molar-refractivity contribution >= 4 is 17.9 Å². The Kier molecular flexibility index (Phi) is 60.3. The molecule has 0 saturated heterocycles. The Bertz CT molecular complexity index is 1430. The second-order valence-electron chi connectivity index (χ2n) is 21.3. The van der Waals surface area contributed by atoms with Gasteiger partial charge in [-0.25, -0.2) is 0 Å². The number of carbonyl (C=O) groups excluding carboxylic acids is 3. The first kappa shape index (κ1) is 71.6. The SMILES string of the molecule is CC/C=C\C/C=C\C/C=C\C/C=C\C/C=C\CCCCCC(=O)OC(COC(=O)CCCCCCC)COC(=O)CCCCCCCCCCCCCCCCCCCCCCC/C=C\C/C=C\CCCCCCC. The van der Waals surface area contributed by atoms with Gasteiger partial charge in [0.05, 0.1) is 0 Å². The van der Waals surface area contributed by atoms with E-state index in [4.69, 9.17) is 14.2 Å². The molecule has 0 heterocycles. The molecule has 0 amide bonds. The van der Waals surface area contributed by atoms with Crippen LogP contribution in [0.2, 0.25) is 0 Å². The molecule has 0 fully saturated rings. The summed E-state index contributed by atoms with van der Waals surface area (Å²) < 4.78 is 16.7. The maximum Gasteiger partial charge on any atom is 0.306 e. The molecule has 6 nitrogen and oxygen atoms in total. The molecule has 0 aliphatic rings. The Hall–Kier alpha value is -3.41. The summed E-state index contributed by atoms with van der Waals surface area (Å²) in [6.07, 6.45) is 83.7. The lowest BCUT2D eigenvalue weighted by atomic mass is 10.0. The quantitative estimate of drug-likeness (QED) is 0.0261. The largest absolute Gasteiger partial charge is 0.462 e. The lowest BCUT2D eigenvalue weighted by molar-refractivity contribution is -0.167. The van der Waals surface area contributed by atoms with Crippen LogP contribution in [-0.4, -0.2) is 37.2 Å². The highest BCUT2D eigenvalue weighted by Crippen LogP contribution is 2.17. The summed E-state index contributed by atoms with van der Waals surface area (Å²) in [5.41, 5.74) is 0. The van der Waals surface area contributed by atoms with Crippen LogP contribution < -0.4 is 0 Å². The zero-order valence-corrected chi connectivity index (χ0v) is 49.6. The molecule has 0 bridgehead atoms. The van der Waals surface area contributed by atoms with E-state index < -0.39 is 6.10 Å². The number of carbonyl (C=O) groups is 3. The summed E-state index contributed by atoms with van der Waals surface area (Å²) in [5, 5.41) is 0. The van der Waals surface area contributed by atoms with Gasteiger partial charge in [-0.1, -0.05) is 286 Å². The van der Waals surface area contributed by atoms with Gasteiger partial charge in [0, 0.05) is 19.3 Å². The first-order chi connectivity index (χ1) is 37.0. The van der Waals surface area contributed by atoms with Gasteiger partial charge in [-0.2, -0.15) is 0 Å². The van der Waals surface area contributed by atoms with Gasteiger partial charge in [0.15, 0.2) is 6.10 Å². The van der Waals surface area contributed by atoms with Crippen LogP contribution in [0, 0.1) is 0 Å². The lowest BCUT2D eigenvalue weighted by Crippen LogP contribution is -2.30. The summed E-state index contributed by atoms with van der Waals surface area (Å²) in [5.74, 6) is -0.926. The van der Waals surface area contributed by atoms with Crippen molar-refractivity contribution in [1.29, 1.82) is 0 Å². The third-order valence-electron chi connectivity index (χ3n) is 13.9. The molecule has 75 heavy (non-hydrogen) atoms. The van der Waals surface area contributed by atoms with E-state index >= 15 is 0 Å². The summed E-state index contributed by atoms with van der Waals surface area (Å²) in [4.78, 5) is 37.9. The van der Waals surface area contributed by atoms with Crippen LogP contribution in [0.1, 0.15) is 316 Å². The molecule has 0 rings (SSSR count). The van der Waals surface area contributed by atoms with Crippen LogP contribution in [0.5, 0.6) is 0 Å². The highest BCUT2D eigenvalue weighted by atomic mass is 16.6. The second-order valence-corrected chi connectivity index (χ2v) is 21.3. The molecule has 0 aliphatic heterocycles. The molecule has 0 saturated carbocycles. The van der Waals surface area contributed by atoms with E-state index in [1.54, 1.807) is 0 Å². The molecule has 1 unspecified atom stereocenters. The zero-order chi connectivity index (χ0) is 54.3. The van der Waals surface area contributed by atoms with Crippen LogP contribution in [0.3, 0.4) is 0 Å². The molecule has 0 radical (unpaired) electrons. The molecule has 0 aliphatic carbocycles. The van der Waals surface area contributed by atoms with E-state index in [1.165, 1.54) is 167 Å². The number of hydrogen-bond acceptors (Lipinski definition) is 6. The van der Waals surface area contributed by atoms with Crippen LogP contribution in [0.15, 0.2) is 85.1 Å². The Balaban J connectivity index is 3.97. The van der Waals surface area contributed by atoms with Crippen molar-refractivity contribution in [2.45, 2.75) is 322 Å². The zero-order valence-electron chi connectivity index (χ0n) is 49.6. The predicted molar refractivity (Wildman–Crippen MR) is 325 cm³/mol. The monoisotopic (exact) mass is 1040 g/mol. The van der Waals surface area contributed by atoms with E-state index in [2.05, 4.69) is 106 Å². The number of hydrogen-bond donors (Lipinski definition) is 0. The Morgan fingerprint density at radius 3 is 0.827 bits per heavy atom. The molecule has 432 valence electrons. The van der Waals surface area contributed by atoms with E-state index in [1.807, 2.05) is 0 Å². The van der Waals surface area contributed by atoms with Crippen molar-refractivity contribution in [2.24, 2.45) is 0 Å². The molecular formula is C69H120O6. The minimum atomic E-state index is -0.789. The fourth-order valence-electron chi connectivity index (χ4n) is 9.09. The predicted octanol–water partition coefficient (Wildman–Crippen LogP) is 21.9. The maximum absolute atomic E-state index is 12.8. The second kappa shape index (κ2) is 63.1. The fraction of sp³-hybridized carbons (Fsp3) is 0.754. The average Bonchev–Trinajstić information content (AvgIpc) is 3.41. The molecule has 1 atom stereocenters. The standard InChI is InChI=1S/C69H120O6/c1-4-7-10-13-15-17-19-21-23-25-27-28-29-30-31-32-33-34-35-36-37-38-39-40-42-43-45-47-49-51-53-56-59-62-68(71)74-65-66(64-73-67(70)61-58-55-12-9-6-3)75-69(72)63-60-57-54-52-50-48-46-44-41-26-24-22-20-18-16-14-11-8-5-2/h8,11,16,18-19,21-22,24-25,27,41,44,48,50,66H,4-7,9-10,12-15,17,20,23,26,28-40,42-43,45-47,49,51-65H2,1-3H3/b11-8-,18-16-,21-19-,24-22-,27-25-,44-41-,50-48-. The molecule has 0 aromatic carbocycles. The molecular weight excluding hydrogens is 925 g/mol. The minimum absolute atomic E-state index is 0.0876. The average molecular weight is 1050 g/mol. The van der Waals surface area contributed by atoms with Crippen LogP contribution in [0.25, 0.3) is 0 Å². The van der Waals surface area contributed by atoms with Crippen LogP contribution >= 0.6 is 0 Å². The Labute approximate surface area is 465 Å². The summed E-state index contributed by atoms with van der Waals surface area (Å²) >= 11 is 0. The molecule has 0 spiro atoms. The van der Waals surface area contributed by atoms with Crippen molar-refractivity contribution in [3.63, 3.8) is 0 Å². The molecule has 0 N–H and O–H groups in total. The number of unbranched alkanes of at least 4 members (excludes halogenated alkanes) is 33. The van der Waals surface area contributed by atoms with Gasteiger partial charge in [-0.05, 0) is 96.3 Å². The minimum Gasteiger partial charge on any atom is -0.462 e. The van der Waals surface area contributed by atoms with Crippen molar-refractivity contribution in [1.82, 2.24) is 0 Å². The van der Waals surface area contributed by atoms with E-state index in [0.717, 1.165) is 109 Å². The number of rotatable bonds is 58. The van der Waals surface area contributed by atoms with E-state index in [0.29, 0.717) is 19.3 Å². The van der Waals surface area contributed by atoms with Gasteiger partial charge in [-0.15, -0.1) is 0 Å². The first-order valence-electron chi connectivity index (χ1n) is 32.1. The van der Waals surface area contributed by atoms with Gasteiger partial charge >= 0.3 is 17.9 Å². The van der Waals surface area contributed by atoms with E-state index in [-0.39, 0.29) is 31.1 Å². The van der Waals surface area contributed by atoms with Gasteiger partial charge < -0.3 is 14.2 Å². The summed E-state index contributed by atoms with van der Waals surface area (Å²) in [6.45, 7) is 6.43. The number of ether oxygens (including phenoxy) is 3. The smallest absolute Gasteiger partial charge is 0.306 e. The first-order valence-corrected chi connectivity index (χ1v) is 32.1. The summed E-state index contributed by atoms with van der Waals surface area (Å²) in [6, 6.07) is 0. The third kappa shape index (κ3) is 61.3. The van der Waals surface area contributed by atoms with E-state index in [9.17, 15) is 14.4 Å². The summed E-state index contributed by atoms with van der Waals surface area (Å²) in [7, 11) is 0. The highest BCUT2D eigenvalue weighted by Gasteiger charge is 2.19. The topological polar surface area (TPSA) is 78.9 Å². The van der Waals surface area contributed by atoms with Gasteiger partial charge in [-0.3, -0.25) is 14.4 Å².